The van der Waals surface area contributed by atoms with Crippen molar-refractivity contribution in [1.29, 1.82) is 0 Å². The van der Waals surface area contributed by atoms with E-state index in [2.05, 4.69) is 23.8 Å². The predicted octanol–water partition coefficient (Wildman–Crippen LogP) is 1.33. The molecule has 0 amide bonds. The molecule has 1 aromatic rings. The van der Waals surface area contributed by atoms with Crippen molar-refractivity contribution in [3.63, 3.8) is 0 Å². The second-order valence-corrected chi connectivity index (χ2v) is 5.94. The van der Waals surface area contributed by atoms with Crippen LogP contribution in [0, 0.1) is 0 Å². The summed E-state index contributed by atoms with van der Waals surface area (Å²) >= 11 is 6.18. The molecule has 0 aliphatic carbocycles. The fourth-order valence-corrected chi connectivity index (χ4v) is 2.81. The van der Waals surface area contributed by atoms with E-state index in [4.69, 9.17) is 21.1 Å². The van der Waals surface area contributed by atoms with E-state index in [9.17, 15) is 5.11 Å². The summed E-state index contributed by atoms with van der Waals surface area (Å²) < 4.78 is 12.5. The maximum atomic E-state index is 10.7. The van der Waals surface area contributed by atoms with Gasteiger partial charge in [0, 0.05) is 26.2 Å². The van der Waals surface area contributed by atoms with Crippen molar-refractivity contribution in [2.24, 2.45) is 0 Å². The van der Waals surface area contributed by atoms with Crippen LogP contribution in [0.25, 0.3) is 0 Å². The van der Waals surface area contributed by atoms with E-state index in [0.717, 1.165) is 6.54 Å². The minimum atomic E-state index is -0.793. The first-order chi connectivity index (χ1) is 10.0. The molecule has 1 N–H and O–H groups in total. The Hall–Kier alpha value is -0.660. The highest BCUT2D eigenvalue weighted by Crippen LogP contribution is 2.28. The van der Waals surface area contributed by atoms with Crippen molar-refractivity contribution in [1.82, 2.24) is 14.7 Å². The van der Waals surface area contributed by atoms with Crippen LogP contribution >= 0.6 is 11.6 Å². The molecule has 21 heavy (non-hydrogen) atoms. The Kier molecular flexibility index (Phi) is 6.01. The molecule has 2 atom stereocenters. The van der Waals surface area contributed by atoms with E-state index in [-0.39, 0.29) is 6.10 Å². The van der Waals surface area contributed by atoms with Crippen LogP contribution in [-0.2, 0) is 16.0 Å². The van der Waals surface area contributed by atoms with Gasteiger partial charge >= 0.3 is 0 Å². The van der Waals surface area contributed by atoms with Crippen LogP contribution < -0.4 is 0 Å². The lowest BCUT2D eigenvalue weighted by Gasteiger charge is -2.37. The van der Waals surface area contributed by atoms with E-state index in [1.165, 1.54) is 0 Å². The Balaban J connectivity index is 2.11. The minimum absolute atomic E-state index is 0.295. The summed E-state index contributed by atoms with van der Waals surface area (Å²) in [5.41, 5.74) is 0.601. The summed E-state index contributed by atoms with van der Waals surface area (Å²) in [4.78, 5) is 2.29. The predicted molar refractivity (Wildman–Crippen MR) is 80.5 cm³/mol. The van der Waals surface area contributed by atoms with Crippen LogP contribution in [0.4, 0.5) is 0 Å². The van der Waals surface area contributed by atoms with Gasteiger partial charge in [0.05, 0.1) is 36.7 Å². The van der Waals surface area contributed by atoms with Crippen LogP contribution in [0.3, 0.4) is 0 Å². The van der Waals surface area contributed by atoms with E-state index in [1.807, 2.05) is 0 Å². The van der Waals surface area contributed by atoms with Gasteiger partial charge in [-0.25, -0.2) is 0 Å². The standard InChI is InChI=1S/C14H24ClN3O3/c1-10(2)17-4-7-21-12(9-17)14(19)13-11(15)8-16-18(13)5-6-20-3/h8,10,12,14,19H,4-7,9H2,1-3H3. The fourth-order valence-electron chi connectivity index (χ4n) is 2.55. The highest BCUT2D eigenvalue weighted by Gasteiger charge is 2.32. The van der Waals surface area contributed by atoms with Crippen LogP contribution in [0.1, 0.15) is 25.6 Å². The Morgan fingerprint density at radius 3 is 3.00 bits per heavy atom. The molecule has 6 nitrogen and oxygen atoms in total. The van der Waals surface area contributed by atoms with Crippen molar-refractivity contribution in [2.45, 2.75) is 38.6 Å². The second kappa shape index (κ2) is 7.56. The Morgan fingerprint density at radius 2 is 2.33 bits per heavy atom. The first-order valence-corrected chi connectivity index (χ1v) is 7.66. The summed E-state index contributed by atoms with van der Waals surface area (Å²) in [6, 6.07) is 0.428. The van der Waals surface area contributed by atoms with Gasteiger partial charge in [-0.3, -0.25) is 9.58 Å². The largest absolute Gasteiger partial charge is 0.384 e. The quantitative estimate of drug-likeness (QED) is 0.857. The molecule has 0 saturated carbocycles. The van der Waals surface area contributed by atoms with Gasteiger partial charge in [0.1, 0.15) is 12.2 Å². The smallest absolute Gasteiger partial charge is 0.124 e. The van der Waals surface area contributed by atoms with E-state index in [0.29, 0.717) is 43.1 Å². The molecule has 0 spiro atoms. The molecule has 0 bridgehead atoms. The second-order valence-electron chi connectivity index (χ2n) is 5.54. The third kappa shape index (κ3) is 3.96. The SMILES string of the molecule is COCCn1ncc(Cl)c1C(O)C1CN(C(C)C)CCO1. The van der Waals surface area contributed by atoms with Gasteiger partial charge < -0.3 is 14.6 Å². The lowest BCUT2D eigenvalue weighted by Crippen LogP contribution is -2.48. The van der Waals surface area contributed by atoms with Gasteiger partial charge in [-0.15, -0.1) is 0 Å². The Bertz CT molecular complexity index is 453. The molecule has 1 saturated heterocycles. The zero-order valence-corrected chi connectivity index (χ0v) is 13.6. The molecule has 1 aromatic heterocycles. The molecular weight excluding hydrogens is 294 g/mol. The Labute approximate surface area is 130 Å². The highest BCUT2D eigenvalue weighted by molar-refractivity contribution is 6.31. The van der Waals surface area contributed by atoms with Crippen LogP contribution in [0.2, 0.25) is 5.02 Å². The number of hydrogen-bond acceptors (Lipinski definition) is 5. The zero-order valence-electron chi connectivity index (χ0n) is 12.8. The number of rotatable bonds is 6. The number of aliphatic hydroxyl groups excluding tert-OH is 1. The molecule has 1 fully saturated rings. The van der Waals surface area contributed by atoms with Crippen molar-refractivity contribution >= 4 is 11.6 Å². The maximum absolute atomic E-state index is 10.7. The number of morpholine rings is 1. The maximum Gasteiger partial charge on any atom is 0.124 e. The fraction of sp³-hybridized carbons (Fsp3) is 0.786. The van der Waals surface area contributed by atoms with Crippen LogP contribution in [0.5, 0.6) is 0 Å². The molecule has 0 aromatic carbocycles. The summed E-state index contributed by atoms with van der Waals surface area (Å²) in [6.45, 7) is 7.54. The van der Waals surface area contributed by atoms with Crippen molar-refractivity contribution in [2.75, 3.05) is 33.4 Å². The molecule has 120 valence electrons. The average molecular weight is 318 g/mol. The molecule has 2 unspecified atom stereocenters. The summed E-state index contributed by atoms with van der Waals surface area (Å²) in [5.74, 6) is 0. The first-order valence-electron chi connectivity index (χ1n) is 7.28. The van der Waals surface area contributed by atoms with Gasteiger partial charge in [0.25, 0.3) is 0 Å². The lowest BCUT2D eigenvalue weighted by atomic mass is 10.1. The molecule has 2 heterocycles. The number of aromatic nitrogens is 2. The van der Waals surface area contributed by atoms with Crippen molar-refractivity contribution in [3.8, 4) is 0 Å². The highest BCUT2D eigenvalue weighted by atomic mass is 35.5. The molecule has 0 radical (unpaired) electrons. The first kappa shape index (κ1) is 16.7. The molecule has 1 aliphatic heterocycles. The molecule has 2 rings (SSSR count). The number of ether oxygens (including phenoxy) is 2. The molecule has 7 heteroatoms. The van der Waals surface area contributed by atoms with Crippen LogP contribution in [-0.4, -0.2) is 65.3 Å². The van der Waals surface area contributed by atoms with E-state index in [1.54, 1.807) is 18.0 Å². The number of halogens is 1. The third-order valence-electron chi connectivity index (χ3n) is 3.83. The topological polar surface area (TPSA) is 59.8 Å². The van der Waals surface area contributed by atoms with Gasteiger partial charge in [0.2, 0.25) is 0 Å². The van der Waals surface area contributed by atoms with Crippen molar-refractivity contribution in [3.05, 3.63) is 16.9 Å². The molecular formula is C14H24ClN3O3. The van der Waals surface area contributed by atoms with Crippen LogP contribution in [0.15, 0.2) is 6.20 Å². The van der Waals surface area contributed by atoms with Gasteiger partial charge in [-0.2, -0.15) is 5.10 Å². The number of aliphatic hydroxyl groups is 1. The van der Waals surface area contributed by atoms with E-state index < -0.39 is 6.10 Å². The number of hydrogen-bond donors (Lipinski definition) is 1. The lowest BCUT2D eigenvalue weighted by molar-refractivity contribution is -0.0984. The number of methoxy groups -OCH3 is 1. The van der Waals surface area contributed by atoms with Gasteiger partial charge in [-0.05, 0) is 13.8 Å². The van der Waals surface area contributed by atoms with Gasteiger partial charge in [0.15, 0.2) is 0 Å². The summed E-state index contributed by atoms with van der Waals surface area (Å²) in [7, 11) is 1.63. The zero-order chi connectivity index (χ0) is 15.4. The monoisotopic (exact) mass is 317 g/mol. The summed E-state index contributed by atoms with van der Waals surface area (Å²) in [5, 5.41) is 15.3. The normalized spacial score (nSPS) is 21.9. The third-order valence-corrected chi connectivity index (χ3v) is 4.12. The average Bonchev–Trinajstić information content (AvgIpc) is 2.85. The van der Waals surface area contributed by atoms with Gasteiger partial charge in [-0.1, -0.05) is 11.6 Å². The molecule has 1 aliphatic rings. The number of nitrogens with zero attached hydrogens (tertiary/aromatic N) is 3. The summed E-state index contributed by atoms with van der Waals surface area (Å²) in [6.07, 6.45) is 0.466. The van der Waals surface area contributed by atoms with Crippen molar-refractivity contribution < 1.29 is 14.6 Å². The Morgan fingerprint density at radius 1 is 1.57 bits per heavy atom. The van der Waals surface area contributed by atoms with E-state index >= 15 is 0 Å². The minimum Gasteiger partial charge on any atom is -0.384 e.